The molecule has 0 aliphatic heterocycles. The second-order valence-electron chi connectivity index (χ2n) is 6.61. The van der Waals surface area contributed by atoms with Gasteiger partial charge in [0.05, 0.1) is 23.4 Å². The molecule has 1 heterocycles. The van der Waals surface area contributed by atoms with Crippen LogP contribution in [0.2, 0.25) is 5.02 Å². The van der Waals surface area contributed by atoms with E-state index in [1.54, 1.807) is 12.1 Å². The molecule has 0 fully saturated rings. The van der Waals surface area contributed by atoms with Crippen LogP contribution in [-0.2, 0) is 17.5 Å². The molecule has 2 amide bonds. The van der Waals surface area contributed by atoms with Gasteiger partial charge in [-0.2, -0.15) is 13.2 Å². The van der Waals surface area contributed by atoms with Crippen molar-refractivity contribution in [2.75, 3.05) is 17.7 Å². The first-order valence-electron chi connectivity index (χ1n) is 9.10. The lowest BCUT2D eigenvalue weighted by Gasteiger charge is -2.10. The zero-order chi connectivity index (χ0) is 23.5. The summed E-state index contributed by atoms with van der Waals surface area (Å²) in [4.78, 5) is 24.8. The van der Waals surface area contributed by atoms with Gasteiger partial charge in [0.15, 0.2) is 5.69 Å². The minimum atomic E-state index is -4.54. The first kappa shape index (κ1) is 23.1. The molecule has 3 rings (SSSR count). The van der Waals surface area contributed by atoms with Gasteiger partial charge in [0.25, 0.3) is 5.91 Å². The van der Waals surface area contributed by atoms with E-state index in [-0.39, 0.29) is 23.6 Å². The number of rotatable bonds is 6. The lowest BCUT2D eigenvalue weighted by Crippen LogP contribution is -2.21. The van der Waals surface area contributed by atoms with Crippen molar-refractivity contribution in [3.63, 3.8) is 0 Å². The number of nitrogens with one attached hydrogen (secondary N) is 2. The molecule has 0 bridgehead atoms. The Kier molecular flexibility index (Phi) is 6.68. The third-order valence-corrected chi connectivity index (χ3v) is 4.67. The molecule has 0 saturated carbocycles. The van der Waals surface area contributed by atoms with Gasteiger partial charge in [-0.05, 0) is 43.3 Å². The number of hydrogen-bond donors (Lipinski definition) is 2. The van der Waals surface area contributed by atoms with Gasteiger partial charge in [0.1, 0.15) is 12.3 Å². The minimum Gasteiger partial charge on any atom is -0.495 e. The predicted molar refractivity (Wildman–Crippen MR) is 111 cm³/mol. The number of aromatic nitrogens is 3. The Labute approximate surface area is 185 Å². The summed E-state index contributed by atoms with van der Waals surface area (Å²) in [5.41, 5.74) is -0.375. The van der Waals surface area contributed by atoms with Crippen LogP contribution < -0.4 is 15.4 Å². The Hall–Kier alpha value is -3.60. The molecule has 0 atom stereocenters. The monoisotopic (exact) mass is 467 g/mol. The van der Waals surface area contributed by atoms with Crippen LogP contribution in [-0.4, -0.2) is 33.9 Å². The van der Waals surface area contributed by atoms with Crippen molar-refractivity contribution in [3.05, 3.63) is 64.4 Å². The van der Waals surface area contributed by atoms with Gasteiger partial charge < -0.3 is 15.4 Å². The third kappa shape index (κ3) is 5.35. The normalized spacial score (nSPS) is 11.2. The number of methoxy groups -OCH3 is 1. The molecule has 2 aromatic carbocycles. The Bertz CT molecular complexity index is 1160. The third-order valence-electron chi connectivity index (χ3n) is 4.37. The Balaban J connectivity index is 1.67. The van der Waals surface area contributed by atoms with Crippen LogP contribution in [0.25, 0.3) is 0 Å². The first-order valence-corrected chi connectivity index (χ1v) is 9.48. The van der Waals surface area contributed by atoms with Crippen molar-refractivity contribution >= 4 is 34.8 Å². The summed E-state index contributed by atoms with van der Waals surface area (Å²) in [7, 11) is 1.47. The van der Waals surface area contributed by atoms with Gasteiger partial charge in [-0.3, -0.25) is 9.59 Å². The van der Waals surface area contributed by atoms with Crippen molar-refractivity contribution in [1.82, 2.24) is 15.0 Å². The number of carbonyl (C=O) groups excluding carboxylic acids is 2. The van der Waals surface area contributed by atoms with E-state index in [2.05, 4.69) is 20.9 Å². The zero-order valence-corrected chi connectivity index (χ0v) is 17.6. The number of anilines is 2. The van der Waals surface area contributed by atoms with Crippen LogP contribution in [0.15, 0.2) is 42.5 Å². The van der Waals surface area contributed by atoms with Crippen molar-refractivity contribution in [2.45, 2.75) is 19.6 Å². The van der Waals surface area contributed by atoms with E-state index in [0.29, 0.717) is 16.5 Å². The second kappa shape index (κ2) is 9.27. The lowest BCUT2D eigenvalue weighted by molar-refractivity contribution is -0.137. The topological polar surface area (TPSA) is 98.1 Å². The van der Waals surface area contributed by atoms with E-state index >= 15 is 0 Å². The summed E-state index contributed by atoms with van der Waals surface area (Å²) in [6.07, 6.45) is -4.54. The highest BCUT2D eigenvalue weighted by Gasteiger charge is 2.30. The maximum absolute atomic E-state index is 12.8. The lowest BCUT2D eigenvalue weighted by atomic mass is 10.2. The van der Waals surface area contributed by atoms with E-state index in [1.165, 1.54) is 36.9 Å². The summed E-state index contributed by atoms with van der Waals surface area (Å²) < 4.78 is 44.8. The molecule has 0 aliphatic rings. The second-order valence-corrected chi connectivity index (χ2v) is 7.02. The van der Waals surface area contributed by atoms with E-state index in [1.807, 2.05) is 0 Å². The standard InChI is InChI=1S/C20H17ClF3N5O3/c1-11-18(19(31)26-13-5-3-4-12(8-13)20(22,23)24)27-28-29(11)10-17(30)25-14-6-7-16(32-2)15(21)9-14/h3-9H,10H2,1-2H3,(H,25,30)(H,26,31). The van der Waals surface area contributed by atoms with Crippen molar-refractivity contribution in [1.29, 1.82) is 0 Å². The van der Waals surface area contributed by atoms with Crippen LogP contribution in [0.5, 0.6) is 5.75 Å². The van der Waals surface area contributed by atoms with E-state index < -0.39 is 23.6 Å². The maximum Gasteiger partial charge on any atom is 0.416 e. The average Bonchev–Trinajstić information content (AvgIpc) is 3.08. The molecule has 0 spiro atoms. The number of ether oxygens (including phenoxy) is 1. The number of halogens is 4. The molecule has 0 aliphatic carbocycles. The smallest absolute Gasteiger partial charge is 0.416 e. The number of alkyl halides is 3. The van der Waals surface area contributed by atoms with E-state index in [0.717, 1.165) is 12.1 Å². The maximum atomic E-state index is 12.8. The van der Waals surface area contributed by atoms with Crippen molar-refractivity contribution in [3.8, 4) is 5.75 Å². The van der Waals surface area contributed by atoms with E-state index in [9.17, 15) is 22.8 Å². The number of nitrogens with zero attached hydrogens (tertiary/aromatic N) is 3. The highest BCUT2D eigenvalue weighted by molar-refractivity contribution is 6.32. The summed E-state index contributed by atoms with van der Waals surface area (Å²) in [6.45, 7) is 1.26. The average molecular weight is 468 g/mol. The summed E-state index contributed by atoms with van der Waals surface area (Å²) >= 11 is 6.03. The highest BCUT2D eigenvalue weighted by atomic mass is 35.5. The van der Waals surface area contributed by atoms with Gasteiger partial charge in [-0.25, -0.2) is 4.68 Å². The largest absolute Gasteiger partial charge is 0.495 e. The molecule has 8 nitrogen and oxygen atoms in total. The Morgan fingerprint density at radius 1 is 1.12 bits per heavy atom. The number of benzene rings is 2. The van der Waals surface area contributed by atoms with Gasteiger partial charge in [0, 0.05) is 11.4 Å². The fraction of sp³-hybridized carbons (Fsp3) is 0.200. The summed E-state index contributed by atoms with van der Waals surface area (Å²) in [5.74, 6) is -0.757. The predicted octanol–water partition coefficient (Wildman–Crippen LogP) is 4.16. The molecule has 2 N–H and O–H groups in total. The fourth-order valence-corrected chi connectivity index (χ4v) is 3.02. The van der Waals surface area contributed by atoms with Crippen LogP contribution >= 0.6 is 11.6 Å². The van der Waals surface area contributed by atoms with Gasteiger partial charge >= 0.3 is 6.18 Å². The summed E-state index contributed by atoms with van der Waals surface area (Å²) in [6, 6.07) is 8.91. The number of carbonyl (C=O) groups is 2. The van der Waals surface area contributed by atoms with Gasteiger partial charge in [-0.15, -0.1) is 5.10 Å². The SMILES string of the molecule is COc1ccc(NC(=O)Cn2nnc(C(=O)Nc3cccc(C(F)(F)F)c3)c2C)cc1Cl. The zero-order valence-electron chi connectivity index (χ0n) is 16.8. The molecule has 0 radical (unpaired) electrons. The quantitative estimate of drug-likeness (QED) is 0.567. The van der Waals surface area contributed by atoms with Crippen molar-refractivity contribution < 1.29 is 27.5 Å². The van der Waals surface area contributed by atoms with Gasteiger partial charge in [0.2, 0.25) is 5.91 Å². The van der Waals surface area contributed by atoms with Crippen LogP contribution in [0.1, 0.15) is 21.7 Å². The molecule has 168 valence electrons. The highest BCUT2D eigenvalue weighted by Crippen LogP contribution is 2.31. The van der Waals surface area contributed by atoms with Crippen LogP contribution in [0.4, 0.5) is 24.5 Å². The molecule has 0 saturated heterocycles. The molecule has 3 aromatic rings. The molecular weight excluding hydrogens is 451 g/mol. The Morgan fingerprint density at radius 3 is 2.50 bits per heavy atom. The van der Waals surface area contributed by atoms with Crippen LogP contribution in [0, 0.1) is 6.92 Å². The molecule has 12 heteroatoms. The van der Waals surface area contributed by atoms with Crippen LogP contribution in [0.3, 0.4) is 0 Å². The van der Waals surface area contributed by atoms with E-state index in [4.69, 9.17) is 16.3 Å². The number of amides is 2. The first-order chi connectivity index (χ1) is 15.1. The minimum absolute atomic E-state index is 0.0482. The number of hydrogen-bond acceptors (Lipinski definition) is 5. The molecular formula is C20H17ClF3N5O3. The van der Waals surface area contributed by atoms with Crippen molar-refractivity contribution in [2.24, 2.45) is 0 Å². The molecule has 1 aromatic heterocycles. The molecule has 0 unspecified atom stereocenters. The summed E-state index contributed by atoms with van der Waals surface area (Å²) in [5, 5.41) is 12.8. The van der Waals surface area contributed by atoms with Gasteiger partial charge in [-0.1, -0.05) is 22.9 Å². The molecule has 32 heavy (non-hydrogen) atoms. The Morgan fingerprint density at radius 2 is 1.84 bits per heavy atom. The fourth-order valence-electron chi connectivity index (χ4n) is 2.76.